The lowest BCUT2D eigenvalue weighted by molar-refractivity contribution is -0.116. The van der Waals surface area contributed by atoms with Crippen molar-refractivity contribution in [3.63, 3.8) is 0 Å². The summed E-state index contributed by atoms with van der Waals surface area (Å²) in [6, 6.07) is 16.3. The molecule has 6 nitrogen and oxygen atoms in total. The Bertz CT molecular complexity index is 1280. The van der Waals surface area contributed by atoms with Gasteiger partial charge in [0, 0.05) is 30.3 Å². The maximum absolute atomic E-state index is 11.7. The van der Waals surface area contributed by atoms with Crippen LogP contribution in [0.1, 0.15) is 36.8 Å². The smallest absolute Gasteiger partial charge is 0.243 e. The summed E-state index contributed by atoms with van der Waals surface area (Å²) in [6.45, 7) is 6.50. The van der Waals surface area contributed by atoms with E-state index in [9.17, 15) is 4.79 Å². The standard InChI is InChI=1S/C25H25N5OS/c1-4-26-25(31)11-8-18-6-5-7-19(12-18)16(2)28-24-14-22(29-17(3)30-24)20-9-10-21-23(13-20)32-15-27-21/h5-16H,4H2,1-3H3,(H,26,31)(H,28,29,30)/b11-8+/t16-/m0/s1. The third-order valence-corrected chi connectivity index (χ3v) is 5.81. The molecule has 0 saturated carbocycles. The van der Waals surface area contributed by atoms with Crippen LogP contribution in [0.5, 0.6) is 0 Å². The molecule has 0 aliphatic carbocycles. The molecule has 2 heterocycles. The minimum absolute atomic E-state index is 0.0268. The van der Waals surface area contributed by atoms with Gasteiger partial charge in [-0.25, -0.2) is 15.0 Å². The summed E-state index contributed by atoms with van der Waals surface area (Å²) in [7, 11) is 0. The second kappa shape index (κ2) is 9.70. The normalized spacial score (nSPS) is 12.2. The number of aromatic nitrogens is 3. The number of benzene rings is 2. The van der Waals surface area contributed by atoms with E-state index in [0.717, 1.165) is 38.4 Å². The summed E-state index contributed by atoms with van der Waals surface area (Å²) in [5.41, 5.74) is 6.85. The Morgan fingerprint density at radius 3 is 2.88 bits per heavy atom. The lowest BCUT2D eigenvalue weighted by Crippen LogP contribution is -2.19. The van der Waals surface area contributed by atoms with E-state index in [4.69, 9.17) is 0 Å². The first-order chi connectivity index (χ1) is 15.5. The fraction of sp³-hybridized carbons (Fsp3) is 0.200. The highest BCUT2D eigenvalue weighted by Crippen LogP contribution is 2.27. The van der Waals surface area contributed by atoms with Gasteiger partial charge in [0.2, 0.25) is 5.91 Å². The lowest BCUT2D eigenvalue weighted by atomic mass is 10.0. The van der Waals surface area contributed by atoms with Gasteiger partial charge in [0.05, 0.1) is 21.4 Å². The van der Waals surface area contributed by atoms with Crippen molar-refractivity contribution < 1.29 is 4.79 Å². The van der Waals surface area contributed by atoms with Crippen molar-refractivity contribution in [3.05, 3.63) is 77.1 Å². The van der Waals surface area contributed by atoms with Crippen LogP contribution in [0.15, 0.2) is 60.1 Å². The van der Waals surface area contributed by atoms with Gasteiger partial charge in [0.25, 0.3) is 0 Å². The predicted octanol–water partition coefficient (Wildman–Crippen LogP) is 5.38. The van der Waals surface area contributed by atoms with Crippen LogP contribution in [0.4, 0.5) is 5.82 Å². The molecule has 0 bridgehead atoms. The highest BCUT2D eigenvalue weighted by Gasteiger charge is 2.10. The molecule has 4 rings (SSSR count). The topological polar surface area (TPSA) is 79.8 Å². The number of thiazole rings is 1. The molecule has 2 aromatic carbocycles. The molecule has 0 spiro atoms. The van der Waals surface area contributed by atoms with E-state index in [0.29, 0.717) is 12.4 Å². The number of hydrogen-bond donors (Lipinski definition) is 2. The molecule has 1 atom stereocenters. The van der Waals surface area contributed by atoms with E-state index in [1.807, 2.05) is 55.8 Å². The number of rotatable bonds is 7. The third kappa shape index (κ3) is 5.18. The van der Waals surface area contributed by atoms with Gasteiger partial charge in [-0.05, 0) is 56.2 Å². The number of nitrogens with zero attached hydrogens (tertiary/aromatic N) is 3. The van der Waals surface area contributed by atoms with Crippen LogP contribution in [0, 0.1) is 6.92 Å². The van der Waals surface area contributed by atoms with Gasteiger partial charge in [-0.15, -0.1) is 11.3 Å². The number of carbonyl (C=O) groups excluding carboxylic acids is 1. The summed E-state index contributed by atoms with van der Waals surface area (Å²) in [5.74, 6) is 1.39. The molecule has 7 heteroatoms. The Morgan fingerprint density at radius 2 is 2.03 bits per heavy atom. The molecule has 4 aromatic rings. The molecule has 0 fully saturated rings. The molecule has 32 heavy (non-hydrogen) atoms. The molecule has 2 N–H and O–H groups in total. The van der Waals surface area contributed by atoms with Crippen LogP contribution in [0.25, 0.3) is 27.6 Å². The summed E-state index contributed by atoms with van der Waals surface area (Å²) in [4.78, 5) is 25.2. The zero-order chi connectivity index (χ0) is 22.5. The van der Waals surface area contributed by atoms with Crippen molar-refractivity contribution in [1.29, 1.82) is 0 Å². The van der Waals surface area contributed by atoms with Gasteiger partial charge in [-0.2, -0.15) is 0 Å². The van der Waals surface area contributed by atoms with Crippen LogP contribution in [0.2, 0.25) is 0 Å². The van der Waals surface area contributed by atoms with Crippen LogP contribution >= 0.6 is 11.3 Å². The Morgan fingerprint density at radius 1 is 1.16 bits per heavy atom. The van der Waals surface area contributed by atoms with E-state index >= 15 is 0 Å². The second-order valence-corrected chi connectivity index (χ2v) is 8.37. The first kappa shape index (κ1) is 21.6. The van der Waals surface area contributed by atoms with Crippen molar-refractivity contribution >= 4 is 39.4 Å². The Labute approximate surface area is 191 Å². The minimum Gasteiger partial charge on any atom is -0.363 e. The summed E-state index contributed by atoms with van der Waals surface area (Å²) >= 11 is 1.62. The average Bonchev–Trinajstić information content (AvgIpc) is 3.26. The predicted molar refractivity (Wildman–Crippen MR) is 132 cm³/mol. The lowest BCUT2D eigenvalue weighted by Gasteiger charge is -2.16. The quantitative estimate of drug-likeness (QED) is 0.375. The van der Waals surface area contributed by atoms with Gasteiger partial charge < -0.3 is 10.6 Å². The maximum atomic E-state index is 11.7. The van der Waals surface area contributed by atoms with E-state index in [2.05, 4.69) is 50.7 Å². The Hall–Kier alpha value is -3.58. The van der Waals surface area contributed by atoms with Gasteiger partial charge in [0.15, 0.2) is 0 Å². The van der Waals surface area contributed by atoms with Gasteiger partial charge in [-0.3, -0.25) is 4.79 Å². The SMILES string of the molecule is CCNC(=O)/C=C/c1cccc([C@H](C)Nc2cc(-c3ccc4ncsc4c3)nc(C)n2)c1. The van der Waals surface area contributed by atoms with Gasteiger partial charge in [-0.1, -0.05) is 24.3 Å². The Kier molecular flexibility index (Phi) is 6.56. The molecule has 0 saturated heterocycles. The zero-order valence-electron chi connectivity index (χ0n) is 18.3. The largest absolute Gasteiger partial charge is 0.363 e. The average molecular weight is 444 g/mol. The molecule has 0 aliphatic heterocycles. The van der Waals surface area contributed by atoms with Crippen LogP contribution < -0.4 is 10.6 Å². The number of likely N-dealkylation sites (N-methyl/N-ethyl adjacent to an activating group) is 1. The first-order valence-electron chi connectivity index (χ1n) is 10.5. The molecular formula is C25H25N5OS. The van der Waals surface area contributed by atoms with Crippen molar-refractivity contribution in [1.82, 2.24) is 20.3 Å². The van der Waals surface area contributed by atoms with Crippen LogP contribution in [0.3, 0.4) is 0 Å². The zero-order valence-corrected chi connectivity index (χ0v) is 19.1. The first-order valence-corrected chi connectivity index (χ1v) is 11.4. The number of amides is 1. The van der Waals surface area contributed by atoms with E-state index in [1.165, 1.54) is 0 Å². The second-order valence-electron chi connectivity index (χ2n) is 7.48. The number of anilines is 1. The van der Waals surface area contributed by atoms with Gasteiger partial charge in [0.1, 0.15) is 11.6 Å². The number of aryl methyl sites for hydroxylation is 1. The molecule has 0 radical (unpaired) electrons. The van der Waals surface area contributed by atoms with E-state index in [1.54, 1.807) is 17.4 Å². The molecule has 2 aromatic heterocycles. The number of fused-ring (bicyclic) bond motifs is 1. The molecule has 162 valence electrons. The summed E-state index contributed by atoms with van der Waals surface area (Å²) < 4.78 is 1.14. The number of carbonyl (C=O) groups is 1. The van der Waals surface area contributed by atoms with Crippen molar-refractivity contribution in [3.8, 4) is 11.3 Å². The van der Waals surface area contributed by atoms with Crippen LogP contribution in [-0.2, 0) is 4.79 Å². The Balaban J connectivity index is 1.54. The van der Waals surface area contributed by atoms with E-state index < -0.39 is 0 Å². The summed E-state index contributed by atoms with van der Waals surface area (Å²) in [6.07, 6.45) is 3.38. The molecule has 0 aliphatic rings. The fourth-order valence-electron chi connectivity index (χ4n) is 3.45. The number of nitrogens with one attached hydrogen (secondary N) is 2. The fourth-order valence-corrected chi connectivity index (χ4v) is 4.16. The van der Waals surface area contributed by atoms with Crippen molar-refractivity contribution in [2.24, 2.45) is 0 Å². The molecule has 1 amide bonds. The highest BCUT2D eigenvalue weighted by atomic mass is 32.1. The maximum Gasteiger partial charge on any atom is 0.243 e. The minimum atomic E-state index is -0.0930. The monoisotopic (exact) mass is 443 g/mol. The van der Waals surface area contributed by atoms with E-state index in [-0.39, 0.29) is 11.9 Å². The van der Waals surface area contributed by atoms with Crippen LogP contribution in [-0.4, -0.2) is 27.4 Å². The third-order valence-electron chi connectivity index (χ3n) is 5.02. The summed E-state index contributed by atoms with van der Waals surface area (Å²) in [5, 5.41) is 6.25. The molecular weight excluding hydrogens is 418 g/mol. The molecule has 0 unspecified atom stereocenters. The number of hydrogen-bond acceptors (Lipinski definition) is 6. The van der Waals surface area contributed by atoms with Crippen molar-refractivity contribution in [2.75, 3.05) is 11.9 Å². The highest BCUT2D eigenvalue weighted by molar-refractivity contribution is 7.16. The van der Waals surface area contributed by atoms with Gasteiger partial charge >= 0.3 is 0 Å². The van der Waals surface area contributed by atoms with Crippen molar-refractivity contribution in [2.45, 2.75) is 26.8 Å².